The molecule has 1 heterocycles. The molecule has 1 aliphatic rings. The van der Waals surface area contributed by atoms with Gasteiger partial charge in [0.05, 0.1) is 19.8 Å². The summed E-state index contributed by atoms with van der Waals surface area (Å²) in [4.78, 5) is 14.1. The zero-order valence-electron chi connectivity index (χ0n) is 13.5. The standard InChI is InChI=1S/C17H26N2O3/c1-3-18-17(20)13-19(12-15-8-6-10-22-15)11-14-7-4-5-9-16(14)21-2/h4-5,7,9,15H,3,6,8,10-13H2,1-2H3,(H,18,20). The van der Waals surface area contributed by atoms with Gasteiger partial charge in [-0.25, -0.2) is 0 Å². The highest BCUT2D eigenvalue weighted by Crippen LogP contribution is 2.21. The van der Waals surface area contributed by atoms with Crippen LogP contribution >= 0.6 is 0 Å². The molecule has 1 amide bonds. The van der Waals surface area contributed by atoms with Crippen molar-refractivity contribution in [1.29, 1.82) is 0 Å². The third-order valence-corrected chi connectivity index (χ3v) is 3.81. The van der Waals surface area contributed by atoms with Crippen molar-refractivity contribution in [2.75, 3.05) is 33.4 Å². The first kappa shape index (κ1) is 16.8. The van der Waals surface area contributed by atoms with Gasteiger partial charge in [0.25, 0.3) is 0 Å². The van der Waals surface area contributed by atoms with Crippen molar-refractivity contribution in [2.45, 2.75) is 32.4 Å². The topological polar surface area (TPSA) is 50.8 Å². The molecule has 0 saturated carbocycles. The minimum Gasteiger partial charge on any atom is -0.496 e. The van der Waals surface area contributed by atoms with E-state index in [-0.39, 0.29) is 12.0 Å². The minimum absolute atomic E-state index is 0.0513. The molecule has 1 aromatic carbocycles. The Kier molecular flexibility index (Phi) is 6.68. The highest BCUT2D eigenvalue weighted by atomic mass is 16.5. The molecule has 1 fully saturated rings. The summed E-state index contributed by atoms with van der Waals surface area (Å²) in [6, 6.07) is 7.94. The lowest BCUT2D eigenvalue weighted by Gasteiger charge is -2.25. The fourth-order valence-corrected chi connectivity index (χ4v) is 2.79. The van der Waals surface area contributed by atoms with Crippen molar-refractivity contribution in [2.24, 2.45) is 0 Å². The second kappa shape index (κ2) is 8.76. The van der Waals surface area contributed by atoms with Crippen LogP contribution in [0.3, 0.4) is 0 Å². The van der Waals surface area contributed by atoms with E-state index in [1.165, 1.54) is 0 Å². The number of amides is 1. The van der Waals surface area contributed by atoms with Crippen molar-refractivity contribution in [1.82, 2.24) is 10.2 Å². The van der Waals surface area contributed by atoms with Gasteiger partial charge in [0.1, 0.15) is 5.75 Å². The first-order chi connectivity index (χ1) is 10.7. The number of likely N-dealkylation sites (N-methyl/N-ethyl adjacent to an activating group) is 1. The number of ether oxygens (including phenoxy) is 2. The molecule has 1 N–H and O–H groups in total. The summed E-state index contributed by atoms with van der Waals surface area (Å²) in [6.07, 6.45) is 2.40. The van der Waals surface area contributed by atoms with Crippen LogP contribution in [0.2, 0.25) is 0 Å². The van der Waals surface area contributed by atoms with Crippen LogP contribution in [-0.2, 0) is 16.1 Å². The van der Waals surface area contributed by atoms with Gasteiger partial charge in [0.2, 0.25) is 5.91 Å². The van der Waals surface area contributed by atoms with Crippen molar-refractivity contribution in [3.63, 3.8) is 0 Å². The zero-order valence-corrected chi connectivity index (χ0v) is 13.5. The molecule has 1 atom stereocenters. The Morgan fingerprint density at radius 2 is 2.27 bits per heavy atom. The van der Waals surface area contributed by atoms with Crippen molar-refractivity contribution >= 4 is 5.91 Å². The second-order valence-corrected chi connectivity index (χ2v) is 5.57. The predicted octanol–water partition coefficient (Wildman–Crippen LogP) is 1.81. The average Bonchev–Trinajstić information content (AvgIpc) is 3.01. The van der Waals surface area contributed by atoms with Crippen LogP contribution in [-0.4, -0.2) is 50.3 Å². The van der Waals surface area contributed by atoms with E-state index in [4.69, 9.17) is 9.47 Å². The molecule has 1 aliphatic heterocycles. The number of hydrogen-bond donors (Lipinski definition) is 1. The van der Waals surface area contributed by atoms with Gasteiger partial charge >= 0.3 is 0 Å². The third kappa shape index (κ3) is 5.00. The van der Waals surface area contributed by atoms with Gasteiger partial charge < -0.3 is 14.8 Å². The molecule has 0 bridgehead atoms. The predicted molar refractivity (Wildman–Crippen MR) is 85.9 cm³/mol. The molecule has 0 aliphatic carbocycles. The number of hydrogen-bond acceptors (Lipinski definition) is 4. The van der Waals surface area contributed by atoms with Crippen LogP contribution < -0.4 is 10.1 Å². The molecule has 1 unspecified atom stereocenters. The molecule has 1 saturated heterocycles. The summed E-state index contributed by atoms with van der Waals surface area (Å²) in [5.74, 6) is 0.908. The quantitative estimate of drug-likeness (QED) is 0.796. The van der Waals surface area contributed by atoms with Gasteiger partial charge in [-0.05, 0) is 25.8 Å². The number of carbonyl (C=O) groups is 1. The van der Waals surface area contributed by atoms with Gasteiger partial charge in [-0.15, -0.1) is 0 Å². The molecule has 0 aromatic heterocycles. The lowest BCUT2D eigenvalue weighted by Crippen LogP contribution is -2.40. The number of methoxy groups -OCH3 is 1. The second-order valence-electron chi connectivity index (χ2n) is 5.57. The number of para-hydroxylation sites is 1. The first-order valence-corrected chi connectivity index (χ1v) is 7.95. The van der Waals surface area contributed by atoms with Gasteiger partial charge in [-0.1, -0.05) is 18.2 Å². The molecule has 5 heteroatoms. The SMILES string of the molecule is CCNC(=O)CN(Cc1ccccc1OC)CC1CCCO1. The smallest absolute Gasteiger partial charge is 0.234 e. The highest BCUT2D eigenvalue weighted by molar-refractivity contribution is 5.77. The van der Waals surface area contributed by atoms with Crippen LogP contribution in [0, 0.1) is 0 Å². The van der Waals surface area contributed by atoms with Gasteiger partial charge in [0, 0.05) is 31.8 Å². The monoisotopic (exact) mass is 306 g/mol. The maximum absolute atomic E-state index is 11.9. The summed E-state index contributed by atoms with van der Waals surface area (Å²) in [5.41, 5.74) is 1.09. The van der Waals surface area contributed by atoms with E-state index in [0.717, 1.165) is 37.3 Å². The van der Waals surface area contributed by atoms with Crippen LogP contribution in [0.25, 0.3) is 0 Å². The minimum atomic E-state index is 0.0513. The van der Waals surface area contributed by atoms with E-state index >= 15 is 0 Å². The van der Waals surface area contributed by atoms with Gasteiger partial charge in [-0.2, -0.15) is 0 Å². The van der Waals surface area contributed by atoms with E-state index in [1.807, 2.05) is 31.2 Å². The Morgan fingerprint density at radius 3 is 2.95 bits per heavy atom. The van der Waals surface area contributed by atoms with E-state index in [2.05, 4.69) is 10.2 Å². The molecule has 1 aromatic rings. The Hall–Kier alpha value is -1.59. The van der Waals surface area contributed by atoms with Crippen LogP contribution in [0.4, 0.5) is 0 Å². The third-order valence-electron chi connectivity index (χ3n) is 3.81. The molecule has 2 rings (SSSR count). The van der Waals surface area contributed by atoms with Crippen LogP contribution in [0.5, 0.6) is 5.75 Å². The Morgan fingerprint density at radius 1 is 1.45 bits per heavy atom. The molecule has 22 heavy (non-hydrogen) atoms. The number of benzene rings is 1. The largest absolute Gasteiger partial charge is 0.496 e. The first-order valence-electron chi connectivity index (χ1n) is 7.95. The van der Waals surface area contributed by atoms with Crippen molar-refractivity contribution in [3.05, 3.63) is 29.8 Å². The summed E-state index contributed by atoms with van der Waals surface area (Å²) in [5, 5.41) is 2.86. The van der Waals surface area contributed by atoms with Gasteiger partial charge in [-0.3, -0.25) is 9.69 Å². The van der Waals surface area contributed by atoms with Crippen molar-refractivity contribution in [3.8, 4) is 5.75 Å². The van der Waals surface area contributed by atoms with Crippen LogP contribution in [0.15, 0.2) is 24.3 Å². The lowest BCUT2D eigenvalue weighted by atomic mass is 10.1. The van der Waals surface area contributed by atoms with E-state index < -0.39 is 0 Å². The maximum atomic E-state index is 11.9. The summed E-state index contributed by atoms with van der Waals surface area (Å²) in [6.45, 7) is 5.25. The zero-order chi connectivity index (χ0) is 15.8. The fourth-order valence-electron chi connectivity index (χ4n) is 2.79. The normalized spacial score (nSPS) is 17.7. The Bertz CT molecular complexity index is 473. The van der Waals surface area contributed by atoms with Gasteiger partial charge in [0.15, 0.2) is 0 Å². The molecule has 0 spiro atoms. The molecule has 0 radical (unpaired) electrons. The Balaban J connectivity index is 2.03. The van der Waals surface area contributed by atoms with Crippen LogP contribution in [0.1, 0.15) is 25.3 Å². The number of carbonyl (C=O) groups excluding carboxylic acids is 1. The lowest BCUT2D eigenvalue weighted by molar-refractivity contribution is -0.122. The average molecular weight is 306 g/mol. The number of nitrogens with zero attached hydrogens (tertiary/aromatic N) is 1. The number of nitrogens with one attached hydrogen (secondary N) is 1. The van der Waals surface area contributed by atoms with Crippen molar-refractivity contribution < 1.29 is 14.3 Å². The molecular weight excluding hydrogens is 280 g/mol. The molecule has 122 valence electrons. The molecular formula is C17H26N2O3. The Labute approximate surface area is 132 Å². The molecule has 5 nitrogen and oxygen atoms in total. The highest BCUT2D eigenvalue weighted by Gasteiger charge is 2.21. The number of rotatable bonds is 8. The fraction of sp³-hybridized carbons (Fsp3) is 0.588. The maximum Gasteiger partial charge on any atom is 0.234 e. The van der Waals surface area contributed by atoms with E-state index in [9.17, 15) is 4.79 Å². The van der Waals surface area contributed by atoms with E-state index in [1.54, 1.807) is 7.11 Å². The summed E-state index contributed by atoms with van der Waals surface area (Å²) >= 11 is 0. The summed E-state index contributed by atoms with van der Waals surface area (Å²) < 4.78 is 11.1. The summed E-state index contributed by atoms with van der Waals surface area (Å²) in [7, 11) is 1.67. The van der Waals surface area contributed by atoms with E-state index in [0.29, 0.717) is 19.6 Å².